The van der Waals surface area contributed by atoms with Crippen LogP contribution < -0.4 is 4.74 Å². The van der Waals surface area contributed by atoms with Crippen molar-refractivity contribution in [2.24, 2.45) is 0 Å². The van der Waals surface area contributed by atoms with E-state index in [1.807, 2.05) is 0 Å². The van der Waals surface area contributed by atoms with Gasteiger partial charge < -0.3 is 9.84 Å². The van der Waals surface area contributed by atoms with Crippen molar-refractivity contribution in [3.05, 3.63) is 28.2 Å². The van der Waals surface area contributed by atoms with Crippen LogP contribution in [0, 0.1) is 0 Å². The number of benzene rings is 1. The van der Waals surface area contributed by atoms with Crippen molar-refractivity contribution in [2.45, 2.75) is 39.8 Å². The van der Waals surface area contributed by atoms with Crippen LogP contribution >= 0.6 is 15.9 Å². The second-order valence-electron chi connectivity index (χ2n) is 5.22. The highest BCUT2D eigenvalue weighted by Gasteiger charge is 2.13. The molecule has 0 amide bonds. The Morgan fingerprint density at radius 1 is 1.30 bits per heavy atom. The highest BCUT2D eigenvalue weighted by atomic mass is 79.9. The number of rotatable bonds is 7. The van der Waals surface area contributed by atoms with Gasteiger partial charge in [0.25, 0.3) is 0 Å². The second kappa shape index (κ2) is 7.64. The molecule has 0 saturated heterocycles. The fraction of sp³-hybridized carbons (Fsp3) is 0.533. The normalized spacial score (nSPS) is 11.4. The van der Waals surface area contributed by atoms with Crippen LogP contribution in [0.3, 0.4) is 0 Å². The first-order valence-electron chi connectivity index (χ1n) is 6.74. The lowest BCUT2D eigenvalue weighted by Gasteiger charge is -2.30. The van der Waals surface area contributed by atoms with E-state index in [4.69, 9.17) is 9.84 Å². The molecule has 0 bridgehead atoms. The summed E-state index contributed by atoms with van der Waals surface area (Å²) in [6, 6.07) is 5.87. The summed E-state index contributed by atoms with van der Waals surface area (Å²) in [5.74, 6) is -0.274. The van der Waals surface area contributed by atoms with Gasteiger partial charge in [-0.1, -0.05) is 0 Å². The summed E-state index contributed by atoms with van der Waals surface area (Å²) in [4.78, 5) is 13.3. The maximum absolute atomic E-state index is 10.9. The summed E-state index contributed by atoms with van der Waals surface area (Å²) >= 11 is 3.24. The Morgan fingerprint density at radius 3 is 2.35 bits per heavy atom. The third-order valence-corrected chi connectivity index (χ3v) is 3.77. The van der Waals surface area contributed by atoms with Crippen LogP contribution in [-0.2, 0) is 0 Å². The van der Waals surface area contributed by atoms with Gasteiger partial charge in [-0.15, -0.1) is 0 Å². The summed E-state index contributed by atoms with van der Waals surface area (Å²) in [5.41, 5.74) is 0.239. The number of hydrogen-bond acceptors (Lipinski definition) is 3. The Morgan fingerprint density at radius 2 is 1.90 bits per heavy atom. The quantitative estimate of drug-likeness (QED) is 0.820. The van der Waals surface area contributed by atoms with Crippen LogP contribution in [0.5, 0.6) is 5.75 Å². The molecule has 20 heavy (non-hydrogen) atoms. The number of carbonyl (C=O) groups is 1. The van der Waals surface area contributed by atoms with Crippen molar-refractivity contribution in [1.29, 1.82) is 0 Å². The number of ether oxygens (including phenoxy) is 1. The van der Waals surface area contributed by atoms with Gasteiger partial charge in [0.05, 0.1) is 5.56 Å². The standard InChI is InChI=1S/C15H22BrNO3/c1-10(2)17(11(3)4)7-8-20-12-5-6-13(15(18)19)14(16)9-12/h5-6,9-11H,7-8H2,1-4H3,(H,18,19). The summed E-state index contributed by atoms with van der Waals surface area (Å²) in [6.07, 6.45) is 0. The monoisotopic (exact) mass is 343 g/mol. The molecule has 0 fully saturated rings. The molecule has 112 valence electrons. The fourth-order valence-corrected chi connectivity index (χ4v) is 2.67. The number of halogens is 1. The lowest BCUT2D eigenvalue weighted by atomic mass is 10.2. The minimum absolute atomic E-state index is 0.239. The average Bonchev–Trinajstić information content (AvgIpc) is 2.33. The molecular weight excluding hydrogens is 322 g/mol. The molecule has 0 radical (unpaired) electrons. The topological polar surface area (TPSA) is 49.8 Å². The van der Waals surface area contributed by atoms with Crippen LogP contribution in [0.2, 0.25) is 0 Å². The van der Waals surface area contributed by atoms with E-state index >= 15 is 0 Å². The van der Waals surface area contributed by atoms with Gasteiger partial charge in [-0.25, -0.2) is 4.79 Å². The zero-order valence-corrected chi connectivity index (χ0v) is 14.0. The number of aromatic carboxylic acids is 1. The molecule has 1 aromatic rings. The van der Waals surface area contributed by atoms with Crippen LogP contribution in [0.1, 0.15) is 38.1 Å². The molecule has 0 aliphatic heterocycles. The van der Waals surface area contributed by atoms with E-state index < -0.39 is 5.97 Å². The molecule has 0 saturated carbocycles. The highest BCUT2D eigenvalue weighted by molar-refractivity contribution is 9.10. The van der Waals surface area contributed by atoms with Crippen molar-refractivity contribution in [1.82, 2.24) is 4.90 Å². The van der Waals surface area contributed by atoms with Crippen molar-refractivity contribution in [3.63, 3.8) is 0 Å². The van der Waals surface area contributed by atoms with Gasteiger partial charge in [0, 0.05) is 23.1 Å². The molecule has 4 nitrogen and oxygen atoms in total. The lowest BCUT2D eigenvalue weighted by molar-refractivity contribution is 0.0696. The fourth-order valence-electron chi connectivity index (χ4n) is 2.14. The molecule has 0 unspecified atom stereocenters. The minimum atomic E-state index is -0.950. The van der Waals surface area contributed by atoms with Gasteiger partial charge in [-0.3, -0.25) is 4.90 Å². The number of carboxylic acids is 1. The Bertz CT molecular complexity index is 452. The van der Waals surface area contributed by atoms with Crippen molar-refractivity contribution in [3.8, 4) is 5.75 Å². The van der Waals surface area contributed by atoms with Crippen LogP contribution in [0.15, 0.2) is 22.7 Å². The van der Waals surface area contributed by atoms with E-state index in [2.05, 4.69) is 48.5 Å². The molecule has 5 heteroatoms. The largest absolute Gasteiger partial charge is 0.492 e. The van der Waals surface area contributed by atoms with Gasteiger partial charge in [-0.2, -0.15) is 0 Å². The van der Waals surface area contributed by atoms with E-state index in [0.717, 1.165) is 6.54 Å². The molecule has 0 aliphatic carbocycles. The van der Waals surface area contributed by atoms with E-state index in [0.29, 0.717) is 28.9 Å². The number of nitrogens with zero attached hydrogens (tertiary/aromatic N) is 1. The van der Waals surface area contributed by atoms with Crippen LogP contribution in [0.4, 0.5) is 0 Å². The predicted molar refractivity (Wildman–Crippen MR) is 83.6 cm³/mol. The van der Waals surface area contributed by atoms with E-state index in [9.17, 15) is 4.79 Å². The third-order valence-electron chi connectivity index (χ3n) is 3.12. The molecule has 0 aliphatic rings. The summed E-state index contributed by atoms with van der Waals surface area (Å²) < 4.78 is 6.22. The Balaban J connectivity index is 2.58. The smallest absolute Gasteiger partial charge is 0.336 e. The second-order valence-corrected chi connectivity index (χ2v) is 6.07. The Labute approximate surface area is 128 Å². The third kappa shape index (κ3) is 4.80. The molecule has 1 aromatic carbocycles. The molecule has 1 N–H and O–H groups in total. The van der Waals surface area contributed by atoms with E-state index in [-0.39, 0.29) is 5.56 Å². The summed E-state index contributed by atoms with van der Waals surface area (Å²) in [5, 5.41) is 8.95. The first-order chi connectivity index (χ1) is 9.32. The molecule has 1 rings (SSSR count). The van der Waals surface area contributed by atoms with Crippen molar-refractivity contribution >= 4 is 21.9 Å². The van der Waals surface area contributed by atoms with Gasteiger partial charge in [-0.05, 0) is 61.8 Å². The van der Waals surface area contributed by atoms with Crippen molar-refractivity contribution < 1.29 is 14.6 Å². The summed E-state index contributed by atoms with van der Waals surface area (Å²) in [7, 11) is 0. The van der Waals surface area contributed by atoms with E-state index in [1.54, 1.807) is 18.2 Å². The molecule has 0 atom stereocenters. The van der Waals surface area contributed by atoms with E-state index in [1.165, 1.54) is 0 Å². The van der Waals surface area contributed by atoms with Gasteiger partial charge in [0.2, 0.25) is 0 Å². The highest BCUT2D eigenvalue weighted by Crippen LogP contribution is 2.23. The molecule has 0 aromatic heterocycles. The van der Waals surface area contributed by atoms with Crippen LogP contribution in [-0.4, -0.2) is 41.2 Å². The first kappa shape index (κ1) is 17.0. The Kier molecular flexibility index (Phi) is 6.49. The molecular formula is C15H22BrNO3. The van der Waals surface area contributed by atoms with Gasteiger partial charge in [0.1, 0.15) is 12.4 Å². The molecule has 0 spiro atoms. The van der Waals surface area contributed by atoms with Gasteiger partial charge in [0.15, 0.2) is 0 Å². The predicted octanol–water partition coefficient (Wildman–Crippen LogP) is 3.64. The number of carboxylic acid groups (broad SMARTS) is 1. The molecule has 0 heterocycles. The van der Waals surface area contributed by atoms with Crippen molar-refractivity contribution in [2.75, 3.05) is 13.2 Å². The average molecular weight is 344 g/mol. The SMILES string of the molecule is CC(C)N(CCOc1ccc(C(=O)O)c(Br)c1)C(C)C. The Hall–Kier alpha value is -1.07. The zero-order chi connectivity index (χ0) is 15.3. The first-order valence-corrected chi connectivity index (χ1v) is 7.53. The maximum atomic E-state index is 10.9. The van der Waals surface area contributed by atoms with Gasteiger partial charge >= 0.3 is 5.97 Å². The number of hydrogen-bond donors (Lipinski definition) is 1. The van der Waals surface area contributed by atoms with Crippen LogP contribution in [0.25, 0.3) is 0 Å². The summed E-state index contributed by atoms with van der Waals surface area (Å²) in [6.45, 7) is 10.1. The lowest BCUT2D eigenvalue weighted by Crippen LogP contribution is -2.39. The zero-order valence-electron chi connectivity index (χ0n) is 12.4. The minimum Gasteiger partial charge on any atom is -0.492 e. The maximum Gasteiger partial charge on any atom is 0.336 e.